The van der Waals surface area contributed by atoms with E-state index in [4.69, 9.17) is 11.6 Å². The fourth-order valence-electron chi connectivity index (χ4n) is 1.80. The maximum atomic E-state index is 5.88. The zero-order valence-electron chi connectivity index (χ0n) is 10.2. The van der Waals surface area contributed by atoms with Gasteiger partial charge in [-0.1, -0.05) is 31.5 Å². The van der Waals surface area contributed by atoms with E-state index in [0.29, 0.717) is 11.7 Å². The molecule has 0 aliphatic heterocycles. The van der Waals surface area contributed by atoms with Gasteiger partial charge in [-0.25, -0.2) is 4.98 Å². The summed E-state index contributed by atoms with van der Waals surface area (Å²) in [5.74, 6) is 0. The predicted octanol–water partition coefficient (Wildman–Crippen LogP) is 3.10. The maximum Gasteiger partial charge on any atom is 0.129 e. The predicted molar refractivity (Wildman–Crippen MR) is 69.3 cm³/mol. The van der Waals surface area contributed by atoms with Crippen LogP contribution in [-0.4, -0.2) is 14.8 Å². The second-order valence-corrected chi connectivity index (χ2v) is 4.33. The standard InChI is InChI=1S/C13H16ClN3/c1-3-10-8-12(4-2)17(16-10)9-11-6-5-7-13(14)15-11/h5-8H,3-4,9H2,1-2H3. The third-order valence-corrected chi connectivity index (χ3v) is 2.93. The average molecular weight is 250 g/mol. The molecule has 2 heterocycles. The van der Waals surface area contributed by atoms with Gasteiger partial charge in [-0.3, -0.25) is 4.68 Å². The van der Waals surface area contributed by atoms with Gasteiger partial charge in [0.2, 0.25) is 0 Å². The van der Waals surface area contributed by atoms with E-state index in [0.717, 1.165) is 24.2 Å². The van der Waals surface area contributed by atoms with Gasteiger partial charge >= 0.3 is 0 Å². The van der Waals surface area contributed by atoms with Crippen molar-refractivity contribution in [2.75, 3.05) is 0 Å². The monoisotopic (exact) mass is 249 g/mol. The van der Waals surface area contributed by atoms with Crippen LogP contribution in [0.25, 0.3) is 0 Å². The summed E-state index contributed by atoms with van der Waals surface area (Å²) in [7, 11) is 0. The Labute approximate surface area is 106 Å². The van der Waals surface area contributed by atoms with E-state index in [1.807, 2.05) is 16.8 Å². The van der Waals surface area contributed by atoms with Crippen molar-refractivity contribution in [2.24, 2.45) is 0 Å². The Bertz CT molecular complexity index is 505. The Balaban J connectivity index is 2.25. The van der Waals surface area contributed by atoms with Gasteiger partial charge in [-0.15, -0.1) is 0 Å². The van der Waals surface area contributed by atoms with Crippen molar-refractivity contribution in [1.82, 2.24) is 14.8 Å². The Morgan fingerprint density at radius 3 is 2.65 bits per heavy atom. The Morgan fingerprint density at radius 1 is 1.18 bits per heavy atom. The maximum absolute atomic E-state index is 5.88. The molecule has 2 aromatic heterocycles. The lowest BCUT2D eigenvalue weighted by Gasteiger charge is -2.05. The SMILES string of the molecule is CCc1cc(CC)n(Cc2cccc(Cl)n2)n1. The molecule has 0 saturated carbocycles. The van der Waals surface area contributed by atoms with E-state index in [2.05, 4.69) is 30.0 Å². The molecule has 0 aliphatic carbocycles. The number of pyridine rings is 1. The average Bonchev–Trinajstić information content (AvgIpc) is 2.71. The lowest BCUT2D eigenvalue weighted by molar-refractivity contribution is 0.630. The molecule has 0 spiro atoms. The minimum Gasteiger partial charge on any atom is -0.263 e. The van der Waals surface area contributed by atoms with Crippen molar-refractivity contribution in [3.05, 3.63) is 46.5 Å². The van der Waals surface area contributed by atoms with Crippen molar-refractivity contribution >= 4 is 11.6 Å². The first-order valence-electron chi connectivity index (χ1n) is 5.90. The van der Waals surface area contributed by atoms with Gasteiger partial charge in [0.15, 0.2) is 0 Å². The van der Waals surface area contributed by atoms with Gasteiger partial charge in [0.1, 0.15) is 5.15 Å². The molecule has 0 atom stereocenters. The molecule has 0 bridgehead atoms. The summed E-state index contributed by atoms with van der Waals surface area (Å²) in [5, 5.41) is 5.09. The first kappa shape index (κ1) is 12.1. The van der Waals surface area contributed by atoms with Gasteiger partial charge in [0.25, 0.3) is 0 Å². The van der Waals surface area contributed by atoms with E-state index in [1.165, 1.54) is 5.69 Å². The number of nitrogens with zero attached hydrogens (tertiary/aromatic N) is 3. The van der Waals surface area contributed by atoms with E-state index in [9.17, 15) is 0 Å². The fraction of sp³-hybridized carbons (Fsp3) is 0.385. The first-order valence-corrected chi connectivity index (χ1v) is 6.27. The molecule has 4 heteroatoms. The topological polar surface area (TPSA) is 30.7 Å². The third-order valence-electron chi connectivity index (χ3n) is 2.72. The zero-order chi connectivity index (χ0) is 12.3. The highest BCUT2D eigenvalue weighted by Crippen LogP contribution is 2.10. The van der Waals surface area contributed by atoms with Crippen LogP contribution in [0, 0.1) is 0 Å². The second kappa shape index (κ2) is 5.32. The molecular formula is C13H16ClN3. The van der Waals surface area contributed by atoms with Crippen molar-refractivity contribution in [3.63, 3.8) is 0 Å². The van der Waals surface area contributed by atoms with E-state index >= 15 is 0 Å². The Morgan fingerprint density at radius 2 is 2.00 bits per heavy atom. The summed E-state index contributed by atoms with van der Waals surface area (Å²) in [6, 6.07) is 7.83. The highest BCUT2D eigenvalue weighted by atomic mass is 35.5. The van der Waals surface area contributed by atoms with Crippen LogP contribution in [0.4, 0.5) is 0 Å². The summed E-state index contributed by atoms with van der Waals surface area (Å²) in [6.07, 6.45) is 1.94. The molecule has 0 N–H and O–H groups in total. The zero-order valence-corrected chi connectivity index (χ0v) is 10.9. The molecule has 17 heavy (non-hydrogen) atoms. The molecule has 0 unspecified atom stereocenters. The van der Waals surface area contributed by atoms with Gasteiger partial charge in [0, 0.05) is 5.69 Å². The molecule has 0 fully saturated rings. The van der Waals surface area contributed by atoms with Gasteiger partial charge < -0.3 is 0 Å². The highest BCUT2D eigenvalue weighted by Gasteiger charge is 2.06. The number of rotatable bonds is 4. The van der Waals surface area contributed by atoms with Gasteiger partial charge in [-0.05, 0) is 31.0 Å². The van der Waals surface area contributed by atoms with Crippen LogP contribution in [0.2, 0.25) is 5.15 Å². The Hall–Kier alpha value is -1.35. The number of aryl methyl sites for hydroxylation is 2. The molecule has 0 aromatic carbocycles. The number of halogens is 1. The lowest BCUT2D eigenvalue weighted by atomic mass is 10.2. The van der Waals surface area contributed by atoms with Crippen LogP contribution in [-0.2, 0) is 19.4 Å². The summed E-state index contributed by atoms with van der Waals surface area (Å²) >= 11 is 5.88. The quantitative estimate of drug-likeness (QED) is 0.780. The van der Waals surface area contributed by atoms with Crippen molar-refractivity contribution < 1.29 is 0 Å². The van der Waals surface area contributed by atoms with Crippen LogP contribution in [0.5, 0.6) is 0 Å². The molecule has 2 rings (SSSR count). The second-order valence-electron chi connectivity index (χ2n) is 3.94. The van der Waals surface area contributed by atoms with Gasteiger partial charge in [0.05, 0.1) is 17.9 Å². The van der Waals surface area contributed by atoms with Crippen LogP contribution < -0.4 is 0 Å². The van der Waals surface area contributed by atoms with Crippen LogP contribution in [0.15, 0.2) is 24.3 Å². The van der Waals surface area contributed by atoms with Gasteiger partial charge in [-0.2, -0.15) is 5.10 Å². The minimum absolute atomic E-state index is 0.531. The molecule has 0 amide bonds. The molecule has 2 aromatic rings. The van der Waals surface area contributed by atoms with Crippen LogP contribution in [0.1, 0.15) is 30.9 Å². The van der Waals surface area contributed by atoms with Crippen molar-refractivity contribution in [3.8, 4) is 0 Å². The van der Waals surface area contributed by atoms with Crippen molar-refractivity contribution in [2.45, 2.75) is 33.2 Å². The lowest BCUT2D eigenvalue weighted by Crippen LogP contribution is -2.07. The number of aromatic nitrogens is 3. The third kappa shape index (κ3) is 2.86. The van der Waals surface area contributed by atoms with Crippen molar-refractivity contribution in [1.29, 1.82) is 0 Å². The molecule has 3 nitrogen and oxygen atoms in total. The molecule has 0 radical (unpaired) electrons. The van der Waals surface area contributed by atoms with E-state index in [1.54, 1.807) is 6.07 Å². The highest BCUT2D eigenvalue weighted by molar-refractivity contribution is 6.29. The smallest absolute Gasteiger partial charge is 0.129 e. The summed E-state index contributed by atoms with van der Waals surface area (Å²) in [6.45, 7) is 4.94. The normalized spacial score (nSPS) is 10.8. The Kier molecular flexibility index (Phi) is 3.79. The fourth-order valence-corrected chi connectivity index (χ4v) is 1.98. The first-order chi connectivity index (χ1) is 8.22. The molecule has 0 saturated heterocycles. The molecule has 90 valence electrons. The minimum atomic E-state index is 0.531. The number of hydrogen-bond acceptors (Lipinski definition) is 2. The van der Waals surface area contributed by atoms with E-state index < -0.39 is 0 Å². The largest absolute Gasteiger partial charge is 0.263 e. The van der Waals surface area contributed by atoms with Crippen LogP contribution >= 0.6 is 11.6 Å². The van der Waals surface area contributed by atoms with E-state index in [-0.39, 0.29) is 0 Å². The summed E-state index contributed by atoms with van der Waals surface area (Å²) < 4.78 is 2.01. The number of hydrogen-bond donors (Lipinski definition) is 0. The molecule has 0 aliphatic rings. The summed E-state index contributed by atoms with van der Waals surface area (Å²) in [4.78, 5) is 4.28. The summed E-state index contributed by atoms with van der Waals surface area (Å²) in [5.41, 5.74) is 3.31. The molecular weight excluding hydrogens is 234 g/mol. The van der Waals surface area contributed by atoms with Crippen LogP contribution in [0.3, 0.4) is 0 Å².